The van der Waals surface area contributed by atoms with E-state index in [1.807, 2.05) is 54.6 Å². The van der Waals surface area contributed by atoms with Crippen LogP contribution in [-0.4, -0.2) is 18.8 Å². The zero-order valence-corrected chi connectivity index (χ0v) is 21.2. The average molecular weight is 522 g/mol. The Bertz CT molecular complexity index is 1350. The van der Waals surface area contributed by atoms with Crippen molar-refractivity contribution in [2.24, 2.45) is 0 Å². The lowest BCUT2D eigenvalue weighted by Crippen LogP contribution is -2.38. The normalized spacial score (nSPS) is 19.5. The Morgan fingerprint density at radius 1 is 0.861 bits per heavy atom. The van der Waals surface area contributed by atoms with Crippen LogP contribution in [0.2, 0.25) is 10.0 Å². The third kappa shape index (κ3) is 4.99. The number of carbonyl (C=O) groups excluding carboxylic acids is 2. The molecule has 2 unspecified atom stereocenters. The molecule has 3 aromatic rings. The van der Waals surface area contributed by atoms with Crippen LogP contribution in [-0.2, 0) is 16.2 Å². The number of Topliss-reactive ketones (excluding diaryl/α,β-unsaturated/α-hetero) is 1. The van der Waals surface area contributed by atoms with Gasteiger partial charge in [-0.2, -0.15) is 0 Å². The van der Waals surface area contributed by atoms with Gasteiger partial charge in [0.05, 0.1) is 17.2 Å². The van der Waals surface area contributed by atoms with Gasteiger partial charge in [0, 0.05) is 30.0 Å². The third-order valence-electron chi connectivity index (χ3n) is 6.78. The summed E-state index contributed by atoms with van der Waals surface area (Å²) in [7, 11) is 1.58. The lowest BCUT2D eigenvalue weighted by atomic mass is 9.73. The molecule has 0 fully saturated rings. The summed E-state index contributed by atoms with van der Waals surface area (Å²) in [6.45, 7) is 0.409. The van der Waals surface area contributed by atoms with Crippen LogP contribution in [0.25, 0.3) is 0 Å². The van der Waals surface area contributed by atoms with Crippen LogP contribution in [0.1, 0.15) is 47.8 Å². The molecule has 184 valence electrons. The van der Waals surface area contributed by atoms with Crippen LogP contribution >= 0.6 is 23.2 Å². The van der Waals surface area contributed by atoms with E-state index in [0.717, 1.165) is 16.7 Å². The summed E-state index contributed by atoms with van der Waals surface area (Å²) < 4.78 is 11.6. The van der Waals surface area contributed by atoms with E-state index in [9.17, 15) is 9.59 Å². The Hall–Kier alpha value is -3.28. The number of hydrogen-bond donors (Lipinski definition) is 1. The van der Waals surface area contributed by atoms with Gasteiger partial charge in [0.25, 0.3) is 0 Å². The number of amides is 1. The molecule has 5 nitrogen and oxygen atoms in total. The second-order valence-electron chi connectivity index (χ2n) is 9.08. The maximum atomic E-state index is 13.4. The van der Waals surface area contributed by atoms with Crippen molar-refractivity contribution in [2.45, 2.75) is 37.7 Å². The molecule has 0 radical (unpaired) electrons. The molecule has 1 aliphatic carbocycles. The molecule has 2 aliphatic rings. The van der Waals surface area contributed by atoms with Crippen LogP contribution in [0.5, 0.6) is 11.5 Å². The Labute approximate surface area is 220 Å². The second-order valence-corrected chi connectivity index (χ2v) is 9.90. The molecule has 1 amide bonds. The van der Waals surface area contributed by atoms with Crippen molar-refractivity contribution in [3.05, 3.63) is 105 Å². The fraction of sp³-hybridized carbons (Fsp3) is 0.241. The summed E-state index contributed by atoms with van der Waals surface area (Å²) in [4.78, 5) is 26.1. The van der Waals surface area contributed by atoms with Crippen molar-refractivity contribution in [1.82, 2.24) is 5.32 Å². The smallest absolute Gasteiger partial charge is 0.225 e. The van der Waals surface area contributed by atoms with Gasteiger partial charge < -0.3 is 14.8 Å². The van der Waals surface area contributed by atoms with Crippen molar-refractivity contribution < 1.29 is 19.1 Å². The molecule has 36 heavy (non-hydrogen) atoms. The van der Waals surface area contributed by atoms with E-state index in [1.54, 1.807) is 19.2 Å². The third-order valence-corrected chi connectivity index (χ3v) is 7.52. The largest absolute Gasteiger partial charge is 0.493 e. The molecule has 1 N–H and O–H groups in total. The Kier molecular flexibility index (Phi) is 7.04. The maximum absolute atomic E-state index is 13.4. The molecule has 0 saturated carbocycles. The van der Waals surface area contributed by atoms with Gasteiger partial charge in [0.15, 0.2) is 17.3 Å². The van der Waals surface area contributed by atoms with E-state index < -0.39 is 0 Å². The summed E-state index contributed by atoms with van der Waals surface area (Å²) in [5.41, 5.74) is 4.19. The number of carbonyl (C=O) groups is 2. The Morgan fingerprint density at radius 2 is 1.64 bits per heavy atom. The lowest BCUT2D eigenvalue weighted by Gasteiger charge is -2.34. The van der Waals surface area contributed by atoms with Gasteiger partial charge in [-0.25, -0.2) is 0 Å². The Morgan fingerprint density at radius 3 is 2.39 bits per heavy atom. The fourth-order valence-electron chi connectivity index (χ4n) is 5.00. The van der Waals surface area contributed by atoms with Crippen LogP contribution in [0, 0.1) is 0 Å². The average Bonchev–Trinajstić information content (AvgIpc) is 2.88. The molecule has 1 aliphatic heterocycles. The topological polar surface area (TPSA) is 64.6 Å². The highest BCUT2D eigenvalue weighted by atomic mass is 35.5. The van der Waals surface area contributed by atoms with Crippen molar-refractivity contribution in [2.75, 3.05) is 7.11 Å². The predicted molar refractivity (Wildman–Crippen MR) is 140 cm³/mol. The molecule has 0 bridgehead atoms. The molecular formula is C29H25Cl2NO4. The minimum atomic E-state index is -0.340. The van der Waals surface area contributed by atoms with Crippen molar-refractivity contribution in [3.8, 4) is 11.5 Å². The first-order valence-electron chi connectivity index (χ1n) is 11.8. The summed E-state index contributed by atoms with van der Waals surface area (Å²) in [6, 6.07) is 20.9. The molecule has 7 heteroatoms. The van der Waals surface area contributed by atoms with Gasteiger partial charge in [-0.15, -0.1) is 0 Å². The van der Waals surface area contributed by atoms with Gasteiger partial charge in [0.2, 0.25) is 5.91 Å². The standard InChI is InChI=1S/C29H25Cl2NO4/c1-35-27-14-19(8-10-26(27)36-16-17-5-3-2-4-6-17)21-15-28(34)32-24-12-20(13-25(33)29(21)24)18-7-9-22(30)23(31)11-18/h2-11,14,20-21H,12-13,15-16H2,1H3,(H,32,34). The minimum absolute atomic E-state index is 0.0284. The van der Waals surface area contributed by atoms with Crippen LogP contribution < -0.4 is 14.8 Å². The molecule has 3 aromatic carbocycles. The van der Waals surface area contributed by atoms with Crippen LogP contribution in [0.15, 0.2) is 78.0 Å². The number of allylic oxidation sites excluding steroid dienone is 2. The fourth-order valence-corrected chi connectivity index (χ4v) is 5.31. The van der Waals surface area contributed by atoms with Crippen molar-refractivity contribution in [3.63, 3.8) is 0 Å². The van der Waals surface area contributed by atoms with Crippen LogP contribution in [0.3, 0.4) is 0 Å². The summed E-state index contributed by atoms with van der Waals surface area (Å²) in [5.74, 6) is 0.676. The molecule has 5 rings (SSSR count). The molecular weight excluding hydrogens is 497 g/mol. The number of halogens is 2. The monoisotopic (exact) mass is 521 g/mol. The maximum Gasteiger partial charge on any atom is 0.225 e. The summed E-state index contributed by atoms with van der Waals surface area (Å²) >= 11 is 12.3. The summed E-state index contributed by atoms with van der Waals surface area (Å²) in [6.07, 6.45) is 1.10. The van der Waals surface area contributed by atoms with E-state index in [1.165, 1.54) is 0 Å². The van der Waals surface area contributed by atoms with Gasteiger partial charge in [-0.1, -0.05) is 65.7 Å². The molecule has 0 aromatic heterocycles. The summed E-state index contributed by atoms with van der Waals surface area (Å²) in [5, 5.41) is 3.88. The van der Waals surface area contributed by atoms with E-state index in [0.29, 0.717) is 52.3 Å². The van der Waals surface area contributed by atoms with Gasteiger partial charge in [-0.05, 0) is 53.3 Å². The molecule has 0 spiro atoms. The number of ether oxygens (including phenoxy) is 2. The highest BCUT2D eigenvalue weighted by Gasteiger charge is 2.38. The first kappa shape index (κ1) is 24.4. The lowest BCUT2D eigenvalue weighted by molar-refractivity contribution is -0.122. The quantitative estimate of drug-likeness (QED) is 0.397. The first-order valence-corrected chi connectivity index (χ1v) is 12.5. The Balaban J connectivity index is 1.42. The van der Waals surface area contributed by atoms with E-state index >= 15 is 0 Å². The number of nitrogens with one attached hydrogen (secondary N) is 1. The van der Waals surface area contributed by atoms with E-state index in [-0.39, 0.29) is 29.9 Å². The molecule has 2 atom stereocenters. The molecule has 0 saturated heterocycles. The highest BCUT2D eigenvalue weighted by molar-refractivity contribution is 6.42. The number of hydrogen-bond acceptors (Lipinski definition) is 4. The number of rotatable bonds is 6. The van der Waals surface area contributed by atoms with Gasteiger partial charge >= 0.3 is 0 Å². The van der Waals surface area contributed by atoms with Crippen molar-refractivity contribution >= 4 is 34.9 Å². The second kappa shape index (κ2) is 10.4. The number of methoxy groups -OCH3 is 1. The predicted octanol–water partition coefficient (Wildman–Crippen LogP) is 6.59. The van der Waals surface area contributed by atoms with Gasteiger partial charge in [0.1, 0.15) is 6.61 Å². The number of benzene rings is 3. The molecule has 1 heterocycles. The van der Waals surface area contributed by atoms with Crippen LogP contribution in [0.4, 0.5) is 0 Å². The van der Waals surface area contributed by atoms with E-state index in [2.05, 4.69) is 5.32 Å². The highest BCUT2D eigenvalue weighted by Crippen LogP contribution is 2.44. The number of ketones is 1. The van der Waals surface area contributed by atoms with Crippen molar-refractivity contribution in [1.29, 1.82) is 0 Å². The first-order chi connectivity index (χ1) is 17.4. The zero-order valence-electron chi connectivity index (χ0n) is 19.7. The zero-order chi connectivity index (χ0) is 25.2. The SMILES string of the molecule is COc1cc(C2CC(=O)NC3=C2C(=O)CC(c2ccc(Cl)c(Cl)c2)C3)ccc1OCc1ccccc1. The van der Waals surface area contributed by atoms with Gasteiger partial charge in [-0.3, -0.25) is 9.59 Å². The van der Waals surface area contributed by atoms with E-state index in [4.69, 9.17) is 32.7 Å². The minimum Gasteiger partial charge on any atom is -0.493 e.